The molecular formula is C18H20N4O. The fourth-order valence-corrected chi connectivity index (χ4v) is 3.57. The zero-order valence-electron chi connectivity index (χ0n) is 13.2. The molecule has 0 saturated heterocycles. The lowest BCUT2D eigenvalue weighted by Gasteiger charge is -2.16. The summed E-state index contributed by atoms with van der Waals surface area (Å²) in [4.78, 5) is 15.4. The van der Waals surface area contributed by atoms with Crippen LogP contribution in [0, 0.1) is 0 Å². The van der Waals surface area contributed by atoms with Gasteiger partial charge in [0, 0.05) is 30.1 Å². The molecule has 0 spiro atoms. The predicted molar refractivity (Wildman–Crippen MR) is 91.3 cm³/mol. The van der Waals surface area contributed by atoms with E-state index in [9.17, 15) is 4.79 Å². The molecule has 0 atom stereocenters. The molecule has 4 rings (SSSR count). The number of nitrogens with one attached hydrogen (secondary N) is 1. The van der Waals surface area contributed by atoms with E-state index in [1.165, 1.54) is 5.56 Å². The maximum absolute atomic E-state index is 12.3. The molecule has 0 unspecified atom stereocenters. The predicted octanol–water partition coefficient (Wildman–Crippen LogP) is 2.27. The summed E-state index contributed by atoms with van der Waals surface area (Å²) < 4.78 is 1.78. The van der Waals surface area contributed by atoms with Gasteiger partial charge in [0.1, 0.15) is 11.3 Å². The van der Waals surface area contributed by atoms with Gasteiger partial charge in [-0.05, 0) is 36.8 Å². The highest BCUT2D eigenvalue weighted by Gasteiger charge is 2.22. The second kappa shape index (κ2) is 5.35. The maximum Gasteiger partial charge on any atom is 0.253 e. The smallest absolute Gasteiger partial charge is 0.253 e. The van der Waals surface area contributed by atoms with E-state index in [0.29, 0.717) is 6.54 Å². The Morgan fingerprint density at radius 3 is 2.57 bits per heavy atom. The lowest BCUT2D eigenvalue weighted by molar-refractivity contribution is 0.681. The summed E-state index contributed by atoms with van der Waals surface area (Å²) in [5.74, 6) is 0. The molecule has 23 heavy (non-hydrogen) atoms. The number of nitrogens with two attached hydrogens (primary N) is 1. The Bertz CT molecular complexity index is 934. The summed E-state index contributed by atoms with van der Waals surface area (Å²) in [6, 6.07) is 8.19. The minimum atomic E-state index is 0.0419. The van der Waals surface area contributed by atoms with Crippen LogP contribution in [-0.4, -0.2) is 14.8 Å². The van der Waals surface area contributed by atoms with Gasteiger partial charge >= 0.3 is 0 Å². The largest absolute Gasteiger partial charge is 0.326 e. The van der Waals surface area contributed by atoms with Gasteiger partial charge in [0.05, 0.1) is 0 Å². The van der Waals surface area contributed by atoms with Crippen molar-refractivity contribution in [3.05, 3.63) is 51.3 Å². The second-order valence-electron chi connectivity index (χ2n) is 6.22. The van der Waals surface area contributed by atoms with E-state index in [4.69, 9.17) is 5.73 Å². The molecule has 118 valence electrons. The number of rotatable bonds is 2. The van der Waals surface area contributed by atoms with Gasteiger partial charge in [-0.2, -0.15) is 5.10 Å². The normalized spacial score (nSPS) is 14.2. The minimum Gasteiger partial charge on any atom is -0.326 e. The summed E-state index contributed by atoms with van der Waals surface area (Å²) in [7, 11) is 1.88. The van der Waals surface area contributed by atoms with Crippen molar-refractivity contribution in [1.82, 2.24) is 14.8 Å². The van der Waals surface area contributed by atoms with Crippen molar-refractivity contribution in [2.75, 3.05) is 0 Å². The highest BCUT2D eigenvalue weighted by atomic mass is 16.1. The third kappa shape index (κ3) is 2.19. The van der Waals surface area contributed by atoms with E-state index in [0.717, 1.165) is 59.1 Å². The van der Waals surface area contributed by atoms with Crippen molar-refractivity contribution >= 4 is 11.0 Å². The van der Waals surface area contributed by atoms with Gasteiger partial charge in [-0.15, -0.1) is 0 Å². The molecule has 2 aromatic heterocycles. The Kier molecular flexibility index (Phi) is 3.31. The SMILES string of the molecule is Cn1nc(-c2ccc(CN)cc2)c2c3c(c(=O)[nH]c21)CCCC3. The summed E-state index contributed by atoms with van der Waals surface area (Å²) in [6.45, 7) is 0.534. The van der Waals surface area contributed by atoms with Crippen molar-refractivity contribution in [2.24, 2.45) is 12.8 Å². The van der Waals surface area contributed by atoms with Gasteiger partial charge in [0.2, 0.25) is 0 Å². The van der Waals surface area contributed by atoms with Gasteiger partial charge in [-0.3, -0.25) is 9.48 Å². The van der Waals surface area contributed by atoms with Crippen molar-refractivity contribution in [3.8, 4) is 11.3 Å². The molecule has 2 heterocycles. The van der Waals surface area contributed by atoms with E-state index in [1.54, 1.807) is 4.68 Å². The number of hydrogen-bond acceptors (Lipinski definition) is 3. The number of pyridine rings is 1. The van der Waals surface area contributed by atoms with Gasteiger partial charge < -0.3 is 10.7 Å². The third-order valence-electron chi connectivity index (χ3n) is 4.79. The molecule has 0 bridgehead atoms. The van der Waals surface area contributed by atoms with Crippen LogP contribution in [0.1, 0.15) is 29.5 Å². The zero-order valence-corrected chi connectivity index (χ0v) is 13.2. The molecule has 1 aromatic carbocycles. The van der Waals surface area contributed by atoms with Gasteiger partial charge in [0.15, 0.2) is 0 Å². The number of aromatic nitrogens is 3. The third-order valence-corrected chi connectivity index (χ3v) is 4.79. The molecule has 3 aromatic rings. The standard InChI is InChI=1S/C18H20N4O/c1-22-17-15(13-4-2-3-5-14(13)18(23)20-17)16(21-22)12-8-6-11(10-19)7-9-12/h6-9H,2-5,10,19H2,1H3,(H,20,23). The van der Waals surface area contributed by atoms with Gasteiger partial charge in [0.25, 0.3) is 5.56 Å². The van der Waals surface area contributed by atoms with E-state index in [1.807, 2.05) is 19.2 Å². The molecular weight excluding hydrogens is 288 g/mol. The Labute approximate surface area is 134 Å². The zero-order chi connectivity index (χ0) is 16.0. The monoisotopic (exact) mass is 308 g/mol. The topological polar surface area (TPSA) is 76.7 Å². The highest BCUT2D eigenvalue weighted by molar-refractivity contribution is 5.94. The molecule has 0 radical (unpaired) electrons. The minimum absolute atomic E-state index is 0.0419. The number of fused-ring (bicyclic) bond motifs is 3. The van der Waals surface area contributed by atoms with Crippen LogP contribution in [0.5, 0.6) is 0 Å². The van der Waals surface area contributed by atoms with E-state index >= 15 is 0 Å². The van der Waals surface area contributed by atoms with Crippen molar-refractivity contribution in [1.29, 1.82) is 0 Å². The van der Waals surface area contributed by atoms with E-state index in [-0.39, 0.29) is 5.56 Å². The first kappa shape index (κ1) is 14.2. The average Bonchev–Trinajstić information content (AvgIpc) is 2.92. The molecule has 1 aliphatic rings. The van der Waals surface area contributed by atoms with Gasteiger partial charge in [-0.25, -0.2) is 0 Å². The first-order valence-electron chi connectivity index (χ1n) is 8.09. The van der Waals surface area contributed by atoms with Crippen LogP contribution < -0.4 is 11.3 Å². The average molecular weight is 308 g/mol. The Balaban J connectivity index is 2.01. The molecule has 0 aliphatic heterocycles. The molecule has 0 fully saturated rings. The summed E-state index contributed by atoms with van der Waals surface area (Å²) in [6.07, 6.45) is 4.03. The maximum atomic E-state index is 12.3. The molecule has 5 nitrogen and oxygen atoms in total. The van der Waals surface area contributed by atoms with Crippen LogP contribution >= 0.6 is 0 Å². The quantitative estimate of drug-likeness (QED) is 0.762. The van der Waals surface area contributed by atoms with E-state index < -0.39 is 0 Å². The summed E-state index contributed by atoms with van der Waals surface area (Å²) in [5.41, 5.74) is 11.8. The Morgan fingerprint density at radius 1 is 1.17 bits per heavy atom. The Morgan fingerprint density at radius 2 is 1.87 bits per heavy atom. The van der Waals surface area contributed by atoms with Crippen molar-refractivity contribution in [3.63, 3.8) is 0 Å². The summed E-state index contributed by atoms with van der Waals surface area (Å²) >= 11 is 0. The lowest BCUT2D eigenvalue weighted by atomic mass is 9.89. The second-order valence-corrected chi connectivity index (χ2v) is 6.22. The van der Waals surface area contributed by atoms with Crippen LogP contribution in [0.4, 0.5) is 0 Å². The molecule has 0 amide bonds. The highest BCUT2D eigenvalue weighted by Crippen LogP contribution is 2.33. The fraction of sp³-hybridized carbons (Fsp3) is 0.333. The summed E-state index contributed by atoms with van der Waals surface area (Å²) in [5, 5.41) is 5.78. The number of aromatic amines is 1. The first-order chi connectivity index (χ1) is 11.2. The number of aryl methyl sites for hydroxylation is 2. The molecule has 5 heteroatoms. The first-order valence-corrected chi connectivity index (χ1v) is 8.09. The van der Waals surface area contributed by atoms with E-state index in [2.05, 4.69) is 22.2 Å². The number of benzene rings is 1. The van der Waals surface area contributed by atoms with Gasteiger partial charge in [-0.1, -0.05) is 24.3 Å². The van der Waals surface area contributed by atoms with Crippen LogP contribution in [0.15, 0.2) is 29.1 Å². The van der Waals surface area contributed by atoms with Crippen LogP contribution in [0.25, 0.3) is 22.3 Å². The molecule has 0 saturated carbocycles. The fourth-order valence-electron chi connectivity index (χ4n) is 3.57. The van der Waals surface area contributed by atoms with Crippen LogP contribution in [0.3, 0.4) is 0 Å². The van der Waals surface area contributed by atoms with Crippen LogP contribution in [-0.2, 0) is 26.4 Å². The molecule has 3 N–H and O–H groups in total. The number of nitrogens with zero attached hydrogens (tertiary/aromatic N) is 2. The van der Waals surface area contributed by atoms with Crippen molar-refractivity contribution in [2.45, 2.75) is 32.2 Å². The van der Waals surface area contributed by atoms with Crippen LogP contribution in [0.2, 0.25) is 0 Å². The van der Waals surface area contributed by atoms with Crippen molar-refractivity contribution < 1.29 is 0 Å². The Hall–Kier alpha value is -2.40. The number of H-pyrrole nitrogens is 1. The number of hydrogen-bond donors (Lipinski definition) is 2. The lowest BCUT2D eigenvalue weighted by Crippen LogP contribution is -2.19. The molecule has 1 aliphatic carbocycles.